The van der Waals surface area contributed by atoms with E-state index in [1.165, 1.54) is 49.3 Å². The summed E-state index contributed by atoms with van der Waals surface area (Å²) in [4.78, 5) is 7.54. The fourth-order valence-corrected chi connectivity index (χ4v) is 4.42. The topological polar surface area (TPSA) is 21.1 Å². The molecule has 21 heavy (non-hydrogen) atoms. The van der Waals surface area contributed by atoms with Crippen LogP contribution in [0.1, 0.15) is 36.7 Å². The summed E-state index contributed by atoms with van der Waals surface area (Å²) in [5.74, 6) is 1.81. The van der Waals surface area contributed by atoms with Gasteiger partial charge in [-0.05, 0) is 50.4 Å². The van der Waals surface area contributed by atoms with Crippen LogP contribution in [0, 0.1) is 6.92 Å². The summed E-state index contributed by atoms with van der Waals surface area (Å²) in [6, 6.07) is 7.93. The number of aromatic nitrogens is 2. The van der Waals surface area contributed by atoms with Gasteiger partial charge in [0.1, 0.15) is 5.82 Å². The molecule has 1 aromatic carbocycles. The third-order valence-electron chi connectivity index (χ3n) is 5.14. The maximum Gasteiger partial charge on any atom is 0.111 e. The number of halogens is 1. The number of alkyl halides is 1. The van der Waals surface area contributed by atoms with Crippen molar-refractivity contribution in [1.82, 2.24) is 14.5 Å². The highest BCUT2D eigenvalue weighted by atomic mass is 35.5. The molecule has 2 fully saturated rings. The third-order valence-corrected chi connectivity index (χ3v) is 5.33. The molecule has 3 nitrogen and oxygen atoms in total. The van der Waals surface area contributed by atoms with E-state index in [0.29, 0.717) is 18.0 Å². The summed E-state index contributed by atoms with van der Waals surface area (Å²) >= 11 is 6.02. The molecular weight excluding hydrogens is 282 g/mol. The zero-order chi connectivity index (χ0) is 14.4. The second-order valence-electron chi connectivity index (χ2n) is 6.43. The molecular formula is C17H22ClN3. The lowest BCUT2D eigenvalue weighted by atomic mass is 10.1. The second-order valence-corrected chi connectivity index (χ2v) is 6.81. The standard InChI is InChI=1S/C17H22ClN3/c1-12-4-5-14-13(11-12)19-17(6-8-18)21(14)16-7-10-20-9-2-3-15(16)20/h4-5,11,15-16H,2-3,6-10H2,1H3. The molecule has 2 saturated heterocycles. The van der Waals surface area contributed by atoms with Crippen LogP contribution >= 0.6 is 11.6 Å². The fraction of sp³-hybridized carbons (Fsp3) is 0.588. The van der Waals surface area contributed by atoms with Crippen LogP contribution in [0.3, 0.4) is 0 Å². The van der Waals surface area contributed by atoms with Gasteiger partial charge in [-0.3, -0.25) is 4.90 Å². The Hall–Kier alpha value is -1.06. The van der Waals surface area contributed by atoms with Gasteiger partial charge in [0.15, 0.2) is 0 Å². The van der Waals surface area contributed by atoms with E-state index in [1.54, 1.807) is 0 Å². The van der Waals surface area contributed by atoms with Crippen LogP contribution in [0.25, 0.3) is 11.0 Å². The number of rotatable bonds is 3. The summed E-state index contributed by atoms with van der Waals surface area (Å²) in [5, 5.41) is 0. The first-order chi connectivity index (χ1) is 10.3. The average molecular weight is 304 g/mol. The van der Waals surface area contributed by atoms with Gasteiger partial charge >= 0.3 is 0 Å². The van der Waals surface area contributed by atoms with Crippen molar-refractivity contribution in [3.05, 3.63) is 29.6 Å². The highest BCUT2D eigenvalue weighted by Crippen LogP contribution is 2.38. The Kier molecular flexibility index (Phi) is 3.43. The molecule has 0 radical (unpaired) electrons. The normalized spacial score (nSPS) is 25.8. The molecule has 2 unspecified atom stereocenters. The Balaban J connectivity index is 1.83. The molecule has 1 aromatic heterocycles. The Bertz CT molecular complexity index is 663. The lowest BCUT2D eigenvalue weighted by Gasteiger charge is -2.24. The van der Waals surface area contributed by atoms with Gasteiger partial charge in [0.05, 0.1) is 17.1 Å². The largest absolute Gasteiger partial charge is 0.323 e. The van der Waals surface area contributed by atoms with Crippen molar-refractivity contribution >= 4 is 22.6 Å². The van der Waals surface area contributed by atoms with Crippen molar-refractivity contribution in [1.29, 1.82) is 0 Å². The van der Waals surface area contributed by atoms with Crippen LogP contribution < -0.4 is 0 Å². The van der Waals surface area contributed by atoms with Gasteiger partial charge in [0.2, 0.25) is 0 Å². The van der Waals surface area contributed by atoms with E-state index in [9.17, 15) is 0 Å². The third kappa shape index (κ3) is 2.18. The first kappa shape index (κ1) is 13.6. The van der Waals surface area contributed by atoms with Crippen LogP contribution in [0.2, 0.25) is 0 Å². The van der Waals surface area contributed by atoms with Gasteiger partial charge in [-0.1, -0.05) is 6.07 Å². The quantitative estimate of drug-likeness (QED) is 0.809. The van der Waals surface area contributed by atoms with E-state index in [1.807, 2.05) is 0 Å². The molecule has 2 aliphatic rings. The molecule has 2 atom stereocenters. The molecule has 0 aliphatic carbocycles. The minimum absolute atomic E-state index is 0.582. The van der Waals surface area contributed by atoms with E-state index in [-0.39, 0.29) is 0 Å². The fourth-order valence-electron chi connectivity index (χ4n) is 4.25. The molecule has 0 N–H and O–H groups in total. The summed E-state index contributed by atoms with van der Waals surface area (Å²) in [7, 11) is 0. The number of nitrogens with zero attached hydrogens (tertiary/aromatic N) is 3. The van der Waals surface area contributed by atoms with E-state index in [0.717, 1.165) is 11.9 Å². The predicted octanol–water partition coefficient (Wildman–Crippen LogP) is 3.54. The average Bonchev–Trinajstić information content (AvgIpc) is 3.12. The lowest BCUT2D eigenvalue weighted by molar-refractivity contribution is 0.290. The molecule has 0 amide bonds. The Labute approximate surface area is 130 Å². The van der Waals surface area contributed by atoms with Crippen LogP contribution in [-0.4, -0.2) is 39.5 Å². The molecule has 3 heterocycles. The van der Waals surface area contributed by atoms with Gasteiger partial charge in [-0.25, -0.2) is 4.98 Å². The first-order valence-electron chi connectivity index (χ1n) is 8.05. The summed E-state index contributed by atoms with van der Waals surface area (Å²) in [5.41, 5.74) is 3.70. The highest BCUT2D eigenvalue weighted by molar-refractivity contribution is 6.17. The molecule has 112 valence electrons. The van der Waals surface area contributed by atoms with Gasteiger partial charge in [0, 0.05) is 24.9 Å². The van der Waals surface area contributed by atoms with Gasteiger partial charge in [-0.2, -0.15) is 0 Å². The van der Waals surface area contributed by atoms with Gasteiger partial charge in [-0.15, -0.1) is 11.6 Å². The van der Waals surface area contributed by atoms with E-state index < -0.39 is 0 Å². The Morgan fingerprint density at radius 1 is 1.24 bits per heavy atom. The number of hydrogen-bond acceptors (Lipinski definition) is 2. The van der Waals surface area contributed by atoms with Gasteiger partial charge in [0.25, 0.3) is 0 Å². The van der Waals surface area contributed by atoms with Crippen molar-refractivity contribution in [2.24, 2.45) is 0 Å². The zero-order valence-corrected chi connectivity index (χ0v) is 13.3. The van der Waals surface area contributed by atoms with Crippen molar-refractivity contribution in [3.8, 4) is 0 Å². The van der Waals surface area contributed by atoms with Crippen molar-refractivity contribution < 1.29 is 0 Å². The lowest BCUT2D eigenvalue weighted by Crippen LogP contribution is -2.28. The smallest absolute Gasteiger partial charge is 0.111 e. The minimum Gasteiger partial charge on any atom is -0.323 e. The number of hydrogen-bond donors (Lipinski definition) is 0. The maximum atomic E-state index is 6.02. The van der Waals surface area contributed by atoms with E-state index >= 15 is 0 Å². The molecule has 0 spiro atoms. The number of fused-ring (bicyclic) bond motifs is 2. The predicted molar refractivity (Wildman–Crippen MR) is 87.1 cm³/mol. The summed E-state index contributed by atoms with van der Waals surface area (Å²) in [6.07, 6.45) is 4.78. The Morgan fingerprint density at radius 2 is 2.14 bits per heavy atom. The zero-order valence-electron chi connectivity index (χ0n) is 12.6. The molecule has 0 bridgehead atoms. The Morgan fingerprint density at radius 3 is 3.00 bits per heavy atom. The number of aryl methyl sites for hydroxylation is 2. The molecule has 2 aromatic rings. The van der Waals surface area contributed by atoms with Crippen LogP contribution in [-0.2, 0) is 6.42 Å². The summed E-state index contributed by atoms with van der Waals surface area (Å²) in [6.45, 7) is 4.65. The van der Waals surface area contributed by atoms with Crippen molar-refractivity contribution in [2.45, 2.75) is 44.7 Å². The van der Waals surface area contributed by atoms with Crippen LogP contribution in [0.15, 0.2) is 18.2 Å². The molecule has 4 heteroatoms. The molecule has 2 aliphatic heterocycles. The van der Waals surface area contributed by atoms with E-state index in [4.69, 9.17) is 16.6 Å². The van der Waals surface area contributed by atoms with Crippen molar-refractivity contribution in [3.63, 3.8) is 0 Å². The van der Waals surface area contributed by atoms with E-state index in [2.05, 4.69) is 34.6 Å². The minimum atomic E-state index is 0.582. The number of benzene rings is 1. The molecule has 0 saturated carbocycles. The molecule has 4 rings (SSSR count). The number of imidazole rings is 1. The van der Waals surface area contributed by atoms with Crippen LogP contribution in [0.4, 0.5) is 0 Å². The summed E-state index contributed by atoms with van der Waals surface area (Å²) < 4.78 is 2.51. The maximum absolute atomic E-state index is 6.02. The first-order valence-corrected chi connectivity index (χ1v) is 8.59. The highest BCUT2D eigenvalue weighted by Gasteiger charge is 2.39. The second kappa shape index (κ2) is 5.29. The van der Waals surface area contributed by atoms with Gasteiger partial charge < -0.3 is 4.57 Å². The monoisotopic (exact) mass is 303 g/mol. The van der Waals surface area contributed by atoms with Crippen LogP contribution in [0.5, 0.6) is 0 Å². The van der Waals surface area contributed by atoms with Crippen molar-refractivity contribution in [2.75, 3.05) is 19.0 Å². The SMILES string of the molecule is Cc1ccc2c(c1)nc(CCCl)n2C1CCN2CCCC12.